The van der Waals surface area contributed by atoms with Gasteiger partial charge in [-0.05, 0) is 18.9 Å². The second-order valence-electron chi connectivity index (χ2n) is 5.17. The van der Waals surface area contributed by atoms with E-state index < -0.39 is 30.6 Å². The molecule has 1 aromatic heterocycles. The molecule has 0 aliphatic carbocycles. The molecule has 2 rings (SSSR count). The smallest absolute Gasteiger partial charge is 0.422 e. The molecule has 2 heterocycles. The first-order valence-corrected chi connectivity index (χ1v) is 6.95. The van der Waals surface area contributed by atoms with E-state index in [1.165, 1.54) is 23.1 Å². The molecule has 0 saturated carbocycles. The Hall–Kier alpha value is -2.32. The van der Waals surface area contributed by atoms with Crippen molar-refractivity contribution in [2.75, 3.05) is 19.7 Å². The minimum absolute atomic E-state index is 0.0292. The number of carboxylic acid groups (broad SMARTS) is 1. The minimum Gasteiger partial charge on any atom is -0.481 e. The van der Waals surface area contributed by atoms with Crippen LogP contribution in [-0.2, 0) is 4.79 Å². The Morgan fingerprint density at radius 1 is 1.30 bits per heavy atom. The van der Waals surface area contributed by atoms with Crippen LogP contribution in [-0.4, -0.2) is 52.7 Å². The van der Waals surface area contributed by atoms with Crippen LogP contribution in [0.2, 0.25) is 0 Å². The van der Waals surface area contributed by atoms with Crippen LogP contribution < -0.4 is 4.74 Å². The lowest BCUT2D eigenvalue weighted by atomic mass is 9.97. The van der Waals surface area contributed by atoms with Crippen LogP contribution in [0.4, 0.5) is 13.2 Å². The van der Waals surface area contributed by atoms with Crippen molar-refractivity contribution in [1.82, 2.24) is 9.88 Å². The SMILES string of the molecule is O=C(O)C1CCN(C(=O)c2cccc(OCC(F)(F)F)n2)CC1. The number of carboxylic acids is 1. The Morgan fingerprint density at radius 2 is 1.96 bits per heavy atom. The van der Waals surface area contributed by atoms with Crippen molar-refractivity contribution in [2.45, 2.75) is 19.0 Å². The van der Waals surface area contributed by atoms with Gasteiger partial charge in [0.1, 0.15) is 5.69 Å². The molecule has 126 valence electrons. The van der Waals surface area contributed by atoms with Crippen LogP contribution in [0.15, 0.2) is 18.2 Å². The summed E-state index contributed by atoms with van der Waals surface area (Å²) in [5.41, 5.74) is -0.0292. The maximum atomic E-state index is 12.3. The van der Waals surface area contributed by atoms with E-state index in [9.17, 15) is 22.8 Å². The highest BCUT2D eigenvalue weighted by Gasteiger charge is 2.30. The van der Waals surface area contributed by atoms with E-state index in [4.69, 9.17) is 5.11 Å². The van der Waals surface area contributed by atoms with E-state index in [-0.39, 0.29) is 24.7 Å². The quantitative estimate of drug-likeness (QED) is 0.912. The molecule has 1 amide bonds. The van der Waals surface area contributed by atoms with Crippen molar-refractivity contribution >= 4 is 11.9 Å². The van der Waals surface area contributed by atoms with E-state index in [1.54, 1.807) is 0 Å². The first-order valence-electron chi connectivity index (χ1n) is 6.95. The fourth-order valence-electron chi connectivity index (χ4n) is 2.26. The average Bonchev–Trinajstić information content (AvgIpc) is 2.52. The Balaban J connectivity index is 1.99. The van der Waals surface area contributed by atoms with Crippen LogP contribution in [0.5, 0.6) is 5.88 Å². The standard InChI is InChI=1S/C14H15F3N2O4/c15-14(16,17)8-23-11-3-1-2-10(18-11)12(20)19-6-4-9(5-7-19)13(21)22/h1-3,9H,4-8H2,(H,21,22). The molecular formula is C14H15F3N2O4. The van der Waals surface area contributed by atoms with E-state index in [1.807, 2.05) is 0 Å². The number of nitrogens with zero attached hydrogens (tertiary/aromatic N) is 2. The largest absolute Gasteiger partial charge is 0.481 e. The fraction of sp³-hybridized carbons (Fsp3) is 0.500. The van der Waals surface area contributed by atoms with Crippen molar-refractivity contribution in [1.29, 1.82) is 0 Å². The van der Waals surface area contributed by atoms with Gasteiger partial charge >= 0.3 is 12.1 Å². The number of halogens is 3. The summed E-state index contributed by atoms with van der Waals surface area (Å²) in [6.45, 7) is -0.947. The van der Waals surface area contributed by atoms with Gasteiger partial charge in [-0.3, -0.25) is 9.59 Å². The lowest BCUT2D eigenvalue weighted by Gasteiger charge is -2.29. The second kappa shape index (κ2) is 6.84. The van der Waals surface area contributed by atoms with Gasteiger partial charge < -0.3 is 14.7 Å². The lowest BCUT2D eigenvalue weighted by molar-refractivity contribution is -0.154. The van der Waals surface area contributed by atoms with Crippen molar-refractivity contribution in [3.8, 4) is 5.88 Å². The Labute approximate surface area is 129 Å². The van der Waals surface area contributed by atoms with Gasteiger partial charge in [-0.25, -0.2) is 4.98 Å². The van der Waals surface area contributed by atoms with E-state index in [2.05, 4.69) is 9.72 Å². The van der Waals surface area contributed by atoms with E-state index in [0.29, 0.717) is 12.8 Å². The number of pyridine rings is 1. The molecule has 9 heteroatoms. The molecule has 0 bridgehead atoms. The molecule has 23 heavy (non-hydrogen) atoms. The summed E-state index contributed by atoms with van der Waals surface area (Å²) in [6, 6.07) is 4.00. The van der Waals surface area contributed by atoms with Crippen LogP contribution in [0.1, 0.15) is 23.3 Å². The summed E-state index contributed by atoms with van der Waals surface area (Å²) in [5, 5.41) is 8.92. The average molecular weight is 332 g/mol. The molecule has 6 nitrogen and oxygen atoms in total. The monoisotopic (exact) mass is 332 g/mol. The van der Waals surface area contributed by atoms with Gasteiger partial charge in [-0.1, -0.05) is 6.07 Å². The number of carbonyl (C=O) groups is 2. The predicted octanol–water partition coefficient (Wildman–Crippen LogP) is 1.96. The Bertz CT molecular complexity index is 584. The molecule has 0 unspecified atom stereocenters. The fourth-order valence-corrected chi connectivity index (χ4v) is 2.26. The highest BCUT2D eigenvalue weighted by atomic mass is 19.4. The number of piperidine rings is 1. The molecule has 1 aliphatic rings. The maximum Gasteiger partial charge on any atom is 0.422 e. The summed E-state index contributed by atoms with van der Waals surface area (Å²) in [7, 11) is 0. The first-order chi connectivity index (χ1) is 10.8. The number of likely N-dealkylation sites (tertiary alicyclic amines) is 1. The van der Waals surface area contributed by atoms with Crippen LogP contribution in [0.3, 0.4) is 0 Å². The van der Waals surface area contributed by atoms with Gasteiger partial charge in [-0.15, -0.1) is 0 Å². The van der Waals surface area contributed by atoms with Crippen LogP contribution in [0, 0.1) is 5.92 Å². The summed E-state index contributed by atoms with van der Waals surface area (Å²) in [4.78, 5) is 28.4. The zero-order valence-electron chi connectivity index (χ0n) is 12.0. The molecule has 1 fully saturated rings. The third-order valence-corrected chi connectivity index (χ3v) is 3.46. The summed E-state index contributed by atoms with van der Waals surface area (Å²) in [6.07, 6.45) is -3.81. The van der Waals surface area contributed by atoms with Crippen LogP contribution >= 0.6 is 0 Å². The Morgan fingerprint density at radius 3 is 2.52 bits per heavy atom. The van der Waals surface area contributed by atoms with Gasteiger partial charge in [0.05, 0.1) is 5.92 Å². The number of rotatable bonds is 4. The topological polar surface area (TPSA) is 79.7 Å². The number of amides is 1. The number of ether oxygens (including phenoxy) is 1. The lowest BCUT2D eigenvalue weighted by Crippen LogP contribution is -2.40. The Kier molecular flexibility index (Phi) is 5.07. The van der Waals surface area contributed by atoms with Gasteiger partial charge in [0.15, 0.2) is 6.61 Å². The highest BCUT2D eigenvalue weighted by Crippen LogP contribution is 2.20. The molecule has 0 aromatic carbocycles. The maximum absolute atomic E-state index is 12.3. The third kappa shape index (κ3) is 4.83. The van der Waals surface area contributed by atoms with E-state index in [0.717, 1.165) is 0 Å². The van der Waals surface area contributed by atoms with Gasteiger partial charge in [0.25, 0.3) is 5.91 Å². The highest BCUT2D eigenvalue weighted by molar-refractivity contribution is 5.92. The van der Waals surface area contributed by atoms with Gasteiger partial charge in [0.2, 0.25) is 5.88 Å². The number of aromatic nitrogens is 1. The molecular weight excluding hydrogens is 317 g/mol. The molecule has 1 aromatic rings. The molecule has 0 atom stereocenters. The van der Waals surface area contributed by atoms with Crippen LogP contribution in [0.25, 0.3) is 0 Å². The number of carbonyl (C=O) groups excluding carboxylic acids is 1. The summed E-state index contributed by atoms with van der Waals surface area (Å²) in [5.74, 6) is -2.11. The molecule has 1 N–H and O–H groups in total. The zero-order valence-corrected chi connectivity index (χ0v) is 12.0. The number of hydrogen-bond acceptors (Lipinski definition) is 4. The molecule has 1 saturated heterocycles. The molecule has 1 aliphatic heterocycles. The van der Waals surface area contributed by atoms with E-state index >= 15 is 0 Å². The number of hydrogen-bond donors (Lipinski definition) is 1. The van der Waals surface area contributed by atoms with Gasteiger partial charge in [-0.2, -0.15) is 13.2 Å². The zero-order chi connectivity index (χ0) is 17.0. The van der Waals surface area contributed by atoms with Crippen molar-refractivity contribution in [3.63, 3.8) is 0 Å². The van der Waals surface area contributed by atoms with Crippen molar-refractivity contribution in [3.05, 3.63) is 23.9 Å². The summed E-state index contributed by atoms with van der Waals surface area (Å²) >= 11 is 0. The number of alkyl halides is 3. The molecule has 0 spiro atoms. The summed E-state index contributed by atoms with van der Waals surface area (Å²) < 4.78 is 40.9. The molecule has 0 radical (unpaired) electrons. The third-order valence-electron chi connectivity index (χ3n) is 3.46. The first kappa shape index (κ1) is 17.0. The normalized spacial score (nSPS) is 16.2. The minimum atomic E-state index is -4.49. The second-order valence-corrected chi connectivity index (χ2v) is 5.17. The van der Waals surface area contributed by atoms with Gasteiger partial charge in [0, 0.05) is 19.2 Å². The van der Waals surface area contributed by atoms with Crippen molar-refractivity contribution < 1.29 is 32.6 Å². The van der Waals surface area contributed by atoms with Crippen molar-refractivity contribution in [2.24, 2.45) is 5.92 Å². The predicted molar refractivity (Wildman–Crippen MR) is 72.1 cm³/mol. The number of aliphatic carboxylic acids is 1.